The van der Waals surface area contributed by atoms with E-state index in [4.69, 9.17) is 4.74 Å². The van der Waals surface area contributed by atoms with Crippen molar-refractivity contribution < 1.29 is 14.3 Å². The maximum atomic E-state index is 12.7. The predicted octanol–water partition coefficient (Wildman–Crippen LogP) is 2.06. The van der Waals surface area contributed by atoms with Gasteiger partial charge in [0, 0.05) is 37.2 Å². The van der Waals surface area contributed by atoms with E-state index >= 15 is 0 Å². The van der Waals surface area contributed by atoms with Gasteiger partial charge in [-0.05, 0) is 25.0 Å². The van der Waals surface area contributed by atoms with Crippen LogP contribution in [0.25, 0.3) is 0 Å². The number of rotatable bonds is 8. The van der Waals surface area contributed by atoms with Crippen LogP contribution in [0.15, 0.2) is 30.9 Å². The number of hydrogen-bond donors (Lipinski definition) is 2. The summed E-state index contributed by atoms with van der Waals surface area (Å²) in [5, 5.41) is 5.95. The number of carbonyl (C=O) groups is 2. The van der Waals surface area contributed by atoms with Gasteiger partial charge in [-0.2, -0.15) is 0 Å². The number of ether oxygens (including phenoxy) is 1. The Kier molecular flexibility index (Phi) is 6.76. The van der Waals surface area contributed by atoms with E-state index in [0.717, 1.165) is 50.5 Å². The molecule has 2 aliphatic heterocycles. The van der Waals surface area contributed by atoms with Crippen molar-refractivity contribution in [2.45, 2.75) is 33.2 Å². The Morgan fingerprint density at radius 3 is 2.62 bits per heavy atom. The summed E-state index contributed by atoms with van der Waals surface area (Å²) >= 11 is 0. The second-order valence-electron chi connectivity index (χ2n) is 8.94. The minimum atomic E-state index is -0.236. The summed E-state index contributed by atoms with van der Waals surface area (Å²) < 4.78 is 5.42. The molecule has 32 heavy (non-hydrogen) atoms. The molecule has 0 bridgehead atoms. The summed E-state index contributed by atoms with van der Waals surface area (Å²) in [5.41, 5.74) is 2.82. The number of hydrogen-bond acceptors (Lipinski definition) is 8. The summed E-state index contributed by atoms with van der Waals surface area (Å²) in [4.78, 5) is 40.0. The molecule has 9 heteroatoms. The summed E-state index contributed by atoms with van der Waals surface area (Å²) in [6.45, 7) is 7.73. The van der Waals surface area contributed by atoms with Crippen LogP contribution in [-0.4, -0.2) is 59.5 Å². The number of pyridine rings is 1. The number of Topliss-reactive ketones (excluding diaryl/α,β-unsaturated/α-hetero) is 1. The van der Waals surface area contributed by atoms with Crippen molar-refractivity contribution >= 4 is 23.1 Å². The summed E-state index contributed by atoms with van der Waals surface area (Å²) in [6.07, 6.45) is 7.03. The number of ketones is 1. The second-order valence-corrected chi connectivity index (χ2v) is 8.94. The van der Waals surface area contributed by atoms with Crippen molar-refractivity contribution in [3.05, 3.63) is 42.2 Å². The number of carbonyl (C=O) groups excluding carboxylic acids is 2. The van der Waals surface area contributed by atoms with Crippen LogP contribution in [0.2, 0.25) is 0 Å². The molecular weight excluding hydrogens is 408 g/mol. The highest BCUT2D eigenvalue weighted by Gasteiger charge is 2.41. The first-order valence-corrected chi connectivity index (χ1v) is 11.1. The zero-order valence-electron chi connectivity index (χ0n) is 18.6. The highest BCUT2D eigenvalue weighted by atomic mass is 16.5. The average molecular weight is 439 g/mol. The van der Waals surface area contributed by atoms with E-state index in [1.807, 2.05) is 19.9 Å². The lowest BCUT2D eigenvalue weighted by Gasteiger charge is -2.47. The van der Waals surface area contributed by atoms with Crippen molar-refractivity contribution in [1.29, 1.82) is 0 Å². The minimum absolute atomic E-state index is 0.0926. The molecule has 0 unspecified atom stereocenters. The molecule has 1 amide bonds. The SMILES string of the molecule is CC(C)C(=O)c1ncc(N2CCC3(CC2)COC3)cc1NC(=O)CNCc1ccncn1. The van der Waals surface area contributed by atoms with Crippen LogP contribution in [0.1, 0.15) is 42.9 Å². The van der Waals surface area contributed by atoms with E-state index < -0.39 is 0 Å². The normalized spacial score (nSPS) is 17.3. The number of nitrogens with one attached hydrogen (secondary N) is 2. The Morgan fingerprint density at radius 2 is 2.00 bits per heavy atom. The molecule has 0 saturated carbocycles. The van der Waals surface area contributed by atoms with Gasteiger partial charge in [-0.25, -0.2) is 15.0 Å². The molecule has 2 saturated heterocycles. The lowest BCUT2D eigenvalue weighted by atomic mass is 9.77. The van der Waals surface area contributed by atoms with Gasteiger partial charge in [0.25, 0.3) is 0 Å². The average Bonchev–Trinajstić information content (AvgIpc) is 2.78. The lowest BCUT2D eigenvalue weighted by molar-refractivity contribution is -0.124. The first kappa shape index (κ1) is 22.3. The third-order valence-corrected chi connectivity index (χ3v) is 6.15. The fraction of sp³-hybridized carbons (Fsp3) is 0.522. The van der Waals surface area contributed by atoms with Crippen LogP contribution in [-0.2, 0) is 16.1 Å². The van der Waals surface area contributed by atoms with E-state index in [-0.39, 0.29) is 24.2 Å². The monoisotopic (exact) mass is 438 g/mol. The van der Waals surface area contributed by atoms with Crippen LogP contribution < -0.4 is 15.5 Å². The van der Waals surface area contributed by atoms with Crippen LogP contribution in [0, 0.1) is 11.3 Å². The van der Waals surface area contributed by atoms with Gasteiger partial charge in [0.2, 0.25) is 5.91 Å². The Labute approximate surface area is 188 Å². The third kappa shape index (κ3) is 5.11. The maximum Gasteiger partial charge on any atom is 0.238 e. The fourth-order valence-corrected chi connectivity index (χ4v) is 4.03. The molecule has 0 radical (unpaired) electrons. The Balaban J connectivity index is 1.43. The second kappa shape index (κ2) is 9.70. The highest BCUT2D eigenvalue weighted by Crippen LogP contribution is 2.39. The van der Waals surface area contributed by atoms with Gasteiger partial charge in [-0.15, -0.1) is 0 Å². The molecule has 0 atom stereocenters. The smallest absolute Gasteiger partial charge is 0.238 e. The molecule has 1 spiro atoms. The van der Waals surface area contributed by atoms with Gasteiger partial charge < -0.3 is 20.3 Å². The summed E-state index contributed by atoms with van der Waals surface area (Å²) in [6, 6.07) is 3.66. The summed E-state index contributed by atoms with van der Waals surface area (Å²) in [5.74, 6) is -0.543. The van der Waals surface area contributed by atoms with Crippen LogP contribution in [0.3, 0.4) is 0 Å². The van der Waals surface area contributed by atoms with Crippen molar-refractivity contribution in [1.82, 2.24) is 20.3 Å². The van der Waals surface area contributed by atoms with Gasteiger partial charge in [0.05, 0.1) is 43.0 Å². The molecule has 2 aromatic rings. The zero-order valence-corrected chi connectivity index (χ0v) is 18.6. The largest absolute Gasteiger partial charge is 0.380 e. The molecule has 4 heterocycles. The lowest BCUT2D eigenvalue weighted by Crippen LogP contribution is -2.51. The fourth-order valence-electron chi connectivity index (χ4n) is 4.03. The quantitative estimate of drug-likeness (QED) is 0.603. The first-order valence-electron chi connectivity index (χ1n) is 11.1. The minimum Gasteiger partial charge on any atom is -0.380 e. The molecule has 2 aliphatic rings. The van der Waals surface area contributed by atoms with E-state index in [0.29, 0.717) is 23.3 Å². The van der Waals surface area contributed by atoms with Gasteiger partial charge in [-0.3, -0.25) is 9.59 Å². The molecule has 170 valence electrons. The van der Waals surface area contributed by atoms with Gasteiger partial charge in [0.1, 0.15) is 12.0 Å². The van der Waals surface area contributed by atoms with E-state index in [9.17, 15) is 9.59 Å². The van der Waals surface area contributed by atoms with Crippen LogP contribution in [0.4, 0.5) is 11.4 Å². The number of nitrogens with zero attached hydrogens (tertiary/aromatic N) is 4. The van der Waals surface area contributed by atoms with E-state index in [1.54, 1.807) is 18.5 Å². The standard InChI is InChI=1S/C23H30N6O3/c1-16(2)22(31)21-19(28-20(30)12-25-10-17-3-6-24-15-27-17)9-18(11-26-21)29-7-4-23(5-8-29)13-32-14-23/h3,6,9,11,15-16,25H,4-5,7-8,10,12-14H2,1-2H3,(H,28,30). The van der Waals surface area contributed by atoms with Crippen molar-refractivity contribution in [3.8, 4) is 0 Å². The third-order valence-electron chi connectivity index (χ3n) is 6.15. The molecule has 2 N–H and O–H groups in total. The van der Waals surface area contributed by atoms with Crippen molar-refractivity contribution in [3.63, 3.8) is 0 Å². The molecule has 0 aromatic carbocycles. The topological polar surface area (TPSA) is 109 Å². The van der Waals surface area contributed by atoms with Crippen molar-refractivity contribution in [2.24, 2.45) is 11.3 Å². The van der Waals surface area contributed by atoms with E-state index in [1.165, 1.54) is 6.33 Å². The van der Waals surface area contributed by atoms with Gasteiger partial charge in [0.15, 0.2) is 5.78 Å². The Bertz CT molecular complexity index is 951. The molecule has 2 aromatic heterocycles. The zero-order chi connectivity index (χ0) is 22.6. The van der Waals surface area contributed by atoms with Gasteiger partial charge >= 0.3 is 0 Å². The molecule has 2 fully saturated rings. The number of aromatic nitrogens is 3. The van der Waals surface area contributed by atoms with E-state index in [2.05, 4.69) is 30.5 Å². The molecule has 9 nitrogen and oxygen atoms in total. The van der Waals surface area contributed by atoms with Crippen LogP contribution in [0.5, 0.6) is 0 Å². The number of amides is 1. The maximum absolute atomic E-state index is 12.7. The Hall–Kier alpha value is -2.91. The Morgan fingerprint density at radius 1 is 1.22 bits per heavy atom. The number of anilines is 2. The molecule has 4 rings (SSSR count). The van der Waals surface area contributed by atoms with Crippen LogP contribution >= 0.6 is 0 Å². The predicted molar refractivity (Wildman–Crippen MR) is 120 cm³/mol. The summed E-state index contributed by atoms with van der Waals surface area (Å²) in [7, 11) is 0. The molecule has 0 aliphatic carbocycles. The van der Waals surface area contributed by atoms with Crippen molar-refractivity contribution in [2.75, 3.05) is 43.1 Å². The first-order chi connectivity index (χ1) is 15.5. The molecular formula is C23H30N6O3. The highest BCUT2D eigenvalue weighted by molar-refractivity contribution is 6.05. The van der Waals surface area contributed by atoms with Gasteiger partial charge in [-0.1, -0.05) is 13.8 Å². The number of piperidine rings is 1.